The molecule has 0 aliphatic rings. The molecule has 0 radical (unpaired) electrons. The molecule has 1 atom stereocenters. The predicted octanol–water partition coefficient (Wildman–Crippen LogP) is 3.94. The lowest BCUT2D eigenvalue weighted by Crippen LogP contribution is -2.14. The van der Waals surface area contributed by atoms with Gasteiger partial charge in [0.05, 0.1) is 10.2 Å². The SMILES string of the molecule is CCC(C)Nc1cc(Br)c(F)cc1F. The quantitative estimate of drug-likeness (QED) is 0.815. The molecule has 1 nitrogen and oxygen atoms in total. The van der Waals surface area contributed by atoms with Crippen LogP contribution in [0, 0.1) is 11.6 Å². The monoisotopic (exact) mass is 263 g/mol. The predicted molar refractivity (Wildman–Crippen MR) is 57.4 cm³/mol. The Bertz CT molecular complexity index is 328. The first-order valence-electron chi connectivity index (χ1n) is 4.45. The van der Waals surface area contributed by atoms with Crippen molar-refractivity contribution in [1.82, 2.24) is 0 Å². The Labute approximate surface area is 90.6 Å². The lowest BCUT2D eigenvalue weighted by atomic mass is 10.2. The van der Waals surface area contributed by atoms with Crippen molar-refractivity contribution in [2.75, 3.05) is 5.32 Å². The topological polar surface area (TPSA) is 12.0 Å². The molecule has 4 heteroatoms. The van der Waals surface area contributed by atoms with Crippen LogP contribution in [0.15, 0.2) is 16.6 Å². The highest BCUT2D eigenvalue weighted by molar-refractivity contribution is 9.10. The Hall–Kier alpha value is -0.640. The van der Waals surface area contributed by atoms with Gasteiger partial charge in [0, 0.05) is 12.1 Å². The first-order chi connectivity index (χ1) is 6.54. The van der Waals surface area contributed by atoms with Gasteiger partial charge in [-0.25, -0.2) is 8.78 Å². The fraction of sp³-hybridized carbons (Fsp3) is 0.400. The van der Waals surface area contributed by atoms with Crippen LogP contribution in [-0.4, -0.2) is 6.04 Å². The molecule has 1 aromatic rings. The molecule has 1 aromatic carbocycles. The Kier molecular flexibility index (Phi) is 3.86. The minimum absolute atomic E-state index is 0.168. The lowest BCUT2D eigenvalue weighted by molar-refractivity contribution is 0.578. The second kappa shape index (κ2) is 4.73. The van der Waals surface area contributed by atoms with Crippen LogP contribution < -0.4 is 5.32 Å². The molecule has 78 valence electrons. The maximum Gasteiger partial charge on any atom is 0.149 e. The van der Waals surface area contributed by atoms with Crippen molar-refractivity contribution in [1.29, 1.82) is 0 Å². The van der Waals surface area contributed by atoms with E-state index in [1.54, 1.807) is 0 Å². The Morgan fingerprint density at radius 2 is 2.00 bits per heavy atom. The molecule has 0 aliphatic carbocycles. The Morgan fingerprint density at radius 3 is 2.57 bits per heavy atom. The average Bonchev–Trinajstić information content (AvgIpc) is 2.14. The van der Waals surface area contributed by atoms with Crippen molar-refractivity contribution in [2.45, 2.75) is 26.3 Å². The fourth-order valence-electron chi connectivity index (χ4n) is 1.00. The van der Waals surface area contributed by atoms with Gasteiger partial charge in [-0.05, 0) is 35.3 Å². The normalized spacial score (nSPS) is 12.6. The van der Waals surface area contributed by atoms with Gasteiger partial charge in [0.2, 0.25) is 0 Å². The van der Waals surface area contributed by atoms with Crippen LogP contribution >= 0.6 is 15.9 Å². The number of anilines is 1. The Balaban J connectivity index is 2.92. The number of hydrogen-bond acceptors (Lipinski definition) is 1. The summed E-state index contributed by atoms with van der Waals surface area (Å²) in [6.07, 6.45) is 0.883. The molecular weight excluding hydrogens is 252 g/mol. The summed E-state index contributed by atoms with van der Waals surface area (Å²) in [6.45, 7) is 3.94. The van der Waals surface area contributed by atoms with Gasteiger partial charge in [-0.3, -0.25) is 0 Å². The summed E-state index contributed by atoms with van der Waals surface area (Å²) in [5, 5.41) is 2.96. The average molecular weight is 264 g/mol. The summed E-state index contributed by atoms with van der Waals surface area (Å²) < 4.78 is 26.3. The molecule has 0 aliphatic heterocycles. The summed E-state index contributed by atoms with van der Waals surface area (Å²) in [4.78, 5) is 0. The number of nitrogens with one attached hydrogen (secondary N) is 1. The lowest BCUT2D eigenvalue weighted by Gasteiger charge is -2.14. The van der Waals surface area contributed by atoms with E-state index in [1.807, 2.05) is 13.8 Å². The van der Waals surface area contributed by atoms with Gasteiger partial charge in [-0.15, -0.1) is 0 Å². The minimum atomic E-state index is -0.586. The molecule has 0 saturated carbocycles. The highest BCUT2D eigenvalue weighted by atomic mass is 79.9. The van der Waals surface area contributed by atoms with E-state index in [1.165, 1.54) is 6.07 Å². The van der Waals surface area contributed by atoms with Gasteiger partial charge < -0.3 is 5.32 Å². The van der Waals surface area contributed by atoms with Gasteiger partial charge in [0.15, 0.2) is 0 Å². The highest BCUT2D eigenvalue weighted by Gasteiger charge is 2.09. The van der Waals surface area contributed by atoms with Gasteiger partial charge in [0.1, 0.15) is 11.6 Å². The second-order valence-corrected chi connectivity index (χ2v) is 4.05. The van der Waals surface area contributed by atoms with Gasteiger partial charge in [-0.2, -0.15) is 0 Å². The van der Waals surface area contributed by atoms with E-state index >= 15 is 0 Å². The second-order valence-electron chi connectivity index (χ2n) is 3.20. The molecule has 1 N–H and O–H groups in total. The third-order valence-corrected chi connectivity index (χ3v) is 2.63. The molecule has 0 bridgehead atoms. The smallest absolute Gasteiger partial charge is 0.149 e. The summed E-state index contributed by atoms with van der Waals surface area (Å²) >= 11 is 3.01. The van der Waals surface area contributed by atoms with Crippen molar-refractivity contribution in [3.63, 3.8) is 0 Å². The van der Waals surface area contributed by atoms with E-state index < -0.39 is 11.6 Å². The zero-order chi connectivity index (χ0) is 10.7. The van der Waals surface area contributed by atoms with Crippen molar-refractivity contribution in [3.05, 3.63) is 28.2 Å². The summed E-state index contributed by atoms with van der Waals surface area (Å²) in [5.41, 5.74) is 0.327. The number of benzene rings is 1. The molecule has 0 fully saturated rings. The van der Waals surface area contributed by atoms with Crippen LogP contribution in [-0.2, 0) is 0 Å². The largest absolute Gasteiger partial charge is 0.380 e. The van der Waals surface area contributed by atoms with Crippen LogP contribution in [0.4, 0.5) is 14.5 Å². The van der Waals surface area contributed by atoms with E-state index in [0.29, 0.717) is 5.69 Å². The third-order valence-electron chi connectivity index (χ3n) is 2.02. The number of rotatable bonds is 3. The van der Waals surface area contributed by atoms with Crippen LogP contribution in [0.5, 0.6) is 0 Å². The van der Waals surface area contributed by atoms with Gasteiger partial charge in [-0.1, -0.05) is 6.92 Å². The molecular formula is C10H12BrF2N. The molecule has 1 rings (SSSR count). The van der Waals surface area contributed by atoms with Crippen LogP contribution in [0.3, 0.4) is 0 Å². The number of halogens is 3. The first kappa shape index (κ1) is 11.4. The van der Waals surface area contributed by atoms with Crippen LogP contribution in [0.2, 0.25) is 0 Å². The zero-order valence-corrected chi connectivity index (χ0v) is 9.66. The Morgan fingerprint density at radius 1 is 1.36 bits per heavy atom. The van der Waals surface area contributed by atoms with Gasteiger partial charge >= 0.3 is 0 Å². The van der Waals surface area contributed by atoms with Crippen LogP contribution in [0.1, 0.15) is 20.3 Å². The maximum atomic E-state index is 13.2. The third kappa shape index (κ3) is 2.67. The number of hydrogen-bond donors (Lipinski definition) is 1. The summed E-state index contributed by atoms with van der Waals surface area (Å²) in [6, 6.07) is 2.45. The zero-order valence-electron chi connectivity index (χ0n) is 8.07. The van der Waals surface area contributed by atoms with Crippen molar-refractivity contribution in [3.8, 4) is 0 Å². The molecule has 0 saturated heterocycles. The van der Waals surface area contributed by atoms with E-state index in [2.05, 4.69) is 21.2 Å². The van der Waals surface area contributed by atoms with Gasteiger partial charge in [0.25, 0.3) is 0 Å². The molecule has 0 spiro atoms. The van der Waals surface area contributed by atoms with E-state index in [9.17, 15) is 8.78 Å². The van der Waals surface area contributed by atoms with Crippen molar-refractivity contribution in [2.24, 2.45) is 0 Å². The first-order valence-corrected chi connectivity index (χ1v) is 5.25. The summed E-state index contributed by atoms with van der Waals surface area (Å²) in [7, 11) is 0. The summed E-state index contributed by atoms with van der Waals surface area (Å²) in [5.74, 6) is -1.15. The molecule has 0 aromatic heterocycles. The van der Waals surface area contributed by atoms with E-state index in [-0.39, 0.29) is 10.5 Å². The maximum absolute atomic E-state index is 13.2. The van der Waals surface area contributed by atoms with E-state index in [0.717, 1.165) is 12.5 Å². The highest BCUT2D eigenvalue weighted by Crippen LogP contribution is 2.24. The fourth-order valence-corrected chi connectivity index (χ4v) is 1.34. The van der Waals surface area contributed by atoms with Crippen molar-refractivity contribution >= 4 is 21.6 Å². The van der Waals surface area contributed by atoms with Crippen LogP contribution in [0.25, 0.3) is 0 Å². The molecule has 0 amide bonds. The molecule has 14 heavy (non-hydrogen) atoms. The molecule has 1 unspecified atom stereocenters. The van der Waals surface area contributed by atoms with E-state index in [4.69, 9.17) is 0 Å². The molecule has 0 heterocycles. The van der Waals surface area contributed by atoms with Crippen molar-refractivity contribution < 1.29 is 8.78 Å². The minimum Gasteiger partial charge on any atom is -0.380 e. The standard InChI is InChI=1S/C10H12BrF2N/c1-3-6(2)14-10-4-7(11)8(12)5-9(10)13/h4-6,14H,3H2,1-2H3.